The summed E-state index contributed by atoms with van der Waals surface area (Å²) in [6.45, 7) is 9.04. The van der Waals surface area contributed by atoms with Crippen LogP contribution in [0.1, 0.15) is 46.2 Å². The third-order valence-electron chi connectivity index (χ3n) is 4.77. The highest BCUT2D eigenvalue weighted by Crippen LogP contribution is 2.32. The zero-order valence-corrected chi connectivity index (χ0v) is 19.2. The molecule has 158 valence electrons. The van der Waals surface area contributed by atoms with Gasteiger partial charge in [-0.2, -0.15) is 0 Å². The van der Waals surface area contributed by atoms with E-state index in [1.54, 1.807) is 37.9 Å². The molecule has 0 saturated carbocycles. The Balaban J connectivity index is 2.32. The van der Waals surface area contributed by atoms with E-state index in [4.69, 9.17) is 28.6 Å². The number of alkyl halides is 1. The summed E-state index contributed by atoms with van der Waals surface area (Å²) >= 11 is 11.3. The lowest BCUT2D eigenvalue weighted by Crippen LogP contribution is -2.46. The van der Waals surface area contributed by atoms with E-state index in [1.165, 1.54) is 0 Å². The van der Waals surface area contributed by atoms with Crippen molar-refractivity contribution in [1.82, 2.24) is 10.2 Å². The lowest BCUT2D eigenvalue weighted by molar-refractivity contribution is -0.143. The van der Waals surface area contributed by atoms with Crippen LogP contribution >= 0.6 is 23.8 Å². The topological polar surface area (TPSA) is 70.7 Å². The summed E-state index contributed by atoms with van der Waals surface area (Å²) in [5.74, 6) is -0.319. The predicted molar refractivity (Wildman–Crippen MR) is 120 cm³/mol. The zero-order valence-electron chi connectivity index (χ0n) is 17.6. The number of thiocarbonyl (C=S) groups is 1. The van der Waals surface area contributed by atoms with Crippen LogP contribution in [0.2, 0.25) is 0 Å². The summed E-state index contributed by atoms with van der Waals surface area (Å²) < 4.78 is 5.45. The maximum absolute atomic E-state index is 12.8. The monoisotopic (exact) mass is 437 g/mol. The number of hydrogen-bond acceptors (Lipinski definition) is 4. The van der Waals surface area contributed by atoms with Gasteiger partial charge in [-0.25, -0.2) is 4.79 Å². The second-order valence-electron chi connectivity index (χ2n) is 7.99. The van der Waals surface area contributed by atoms with Crippen molar-refractivity contribution in [3.05, 3.63) is 41.1 Å². The maximum atomic E-state index is 12.8. The Morgan fingerprint density at radius 1 is 1.31 bits per heavy atom. The van der Waals surface area contributed by atoms with Crippen molar-refractivity contribution >= 4 is 46.5 Å². The molecule has 1 aliphatic heterocycles. The van der Waals surface area contributed by atoms with Crippen LogP contribution in [-0.4, -0.2) is 40.9 Å². The first-order chi connectivity index (χ1) is 13.5. The minimum Gasteiger partial charge on any atom is -0.459 e. The van der Waals surface area contributed by atoms with Gasteiger partial charge in [-0.05, 0) is 64.5 Å². The van der Waals surface area contributed by atoms with Crippen LogP contribution in [0.15, 0.2) is 35.5 Å². The first-order valence-electron chi connectivity index (χ1n) is 9.41. The summed E-state index contributed by atoms with van der Waals surface area (Å²) in [7, 11) is 1.81. The Morgan fingerprint density at radius 3 is 2.41 bits per heavy atom. The fourth-order valence-corrected chi connectivity index (χ4v) is 3.12. The third-order valence-corrected chi connectivity index (χ3v) is 5.83. The van der Waals surface area contributed by atoms with E-state index in [0.717, 1.165) is 11.3 Å². The standard InChI is InChI=1S/C21H28ClN3O3S/c1-12(2)28-18(26)16-13(3)25(6)20(29)24-17(16)14-7-9-15(10-8-14)23-19(27)21(4,5)11-22/h7-10,12,17H,11H2,1-6H3,(H,23,27)(H,24,29). The van der Waals surface area contributed by atoms with Crippen LogP contribution in [-0.2, 0) is 14.3 Å². The zero-order chi connectivity index (χ0) is 21.9. The average molecular weight is 438 g/mol. The molecule has 1 aromatic carbocycles. The number of carbonyl (C=O) groups excluding carboxylic acids is 2. The fourth-order valence-electron chi connectivity index (χ4n) is 2.75. The van der Waals surface area contributed by atoms with Gasteiger partial charge in [-0.15, -0.1) is 11.6 Å². The molecule has 2 N–H and O–H groups in total. The average Bonchev–Trinajstić information content (AvgIpc) is 2.65. The number of halogens is 1. The van der Waals surface area contributed by atoms with Crippen molar-refractivity contribution in [2.75, 3.05) is 18.2 Å². The highest BCUT2D eigenvalue weighted by atomic mass is 35.5. The number of carbonyl (C=O) groups is 2. The van der Waals surface area contributed by atoms with Gasteiger partial charge in [0.15, 0.2) is 5.11 Å². The number of amides is 1. The van der Waals surface area contributed by atoms with Crippen LogP contribution in [0, 0.1) is 5.41 Å². The van der Waals surface area contributed by atoms with Crippen molar-refractivity contribution in [2.45, 2.75) is 46.8 Å². The quantitative estimate of drug-likeness (QED) is 0.398. The summed E-state index contributed by atoms with van der Waals surface area (Å²) in [4.78, 5) is 26.8. The summed E-state index contributed by atoms with van der Waals surface area (Å²) in [6, 6.07) is 6.85. The van der Waals surface area contributed by atoms with E-state index in [-0.39, 0.29) is 23.9 Å². The van der Waals surface area contributed by atoms with E-state index < -0.39 is 11.5 Å². The van der Waals surface area contributed by atoms with Gasteiger partial charge in [0.2, 0.25) is 5.91 Å². The molecule has 8 heteroatoms. The molecular weight excluding hydrogens is 410 g/mol. The van der Waals surface area contributed by atoms with Crippen LogP contribution in [0.3, 0.4) is 0 Å². The molecule has 1 unspecified atom stereocenters. The second kappa shape index (κ2) is 9.13. The predicted octanol–water partition coefficient (Wildman–Crippen LogP) is 3.98. The molecule has 0 aliphatic carbocycles. The lowest BCUT2D eigenvalue weighted by atomic mass is 9.94. The molecule has 0 aromatic heterocycles. The molecule has 0 fully saturated rings. The van der Waals surface area contributed by atoms with Gasteiger partial charge in [0.25, 0.3) is 0 Å². The molecule has 2 rings (SSSR count). The number of anilines is 1. The van der Waals surface area contributed by atoms with Gasteiger partial charge >= 0.3 is 5.97 Å². The van der Waals surface area contributed by atoms with Crippen LogP contribution in [0.25, 0.3) is 0 Å². The molecule has 1 aromatic rings. The Hall–Kier alpha value is -2.12. The number of benzene rings is 1. The van der Waals surface area contributed by atoms with Crippen molar-refractivity contribution < 1.29 is 14.3 Å². The molecule has 0 radical (unpaired) electrons. The summed E-state index contributed by atoms with van der Waals surface area (Å²) in [6.07, 6.45) is -0.231. The van der Waals surface area contributed by atoms with E-state index >= 15 is 0 Å². The van der Waals surface area contributed by atoms with E-state index in [1.807, 2.05) is 32.9 Å². The van der Waals surface area contributed by atoms with Crippen molar-refractivity contribution in [3.8, 4) is 0 Å². The normalized spacial score (nSPS) is 17.3. The third kappa shape index (κ3) is 5.28. The van der Waals surface area contributed by atoms with Crippen LogP contribution in [0.4, 0.5) is 5.69 Å². The molecular formula is C21H28ClN3O3S. The number of esters is 1. The fraction of sp³-hybridized carbons (Fsp3) is 0.476. The minimum absolute atomic E-state index is 0.157. The molecule has 1 amide bonds. The SMILES string of the molecule is CC1=C(C(=O)OC(C)C)C(c2ccc(NC(=O)C(C)(C)CCl)cc2)NC(=S)N1C. The summed E-state index contributed by atoms with van der Waals surface area (Å²) in [5.41, 5.74) is 2.07. The van der Waals surface area contributed by atoms with Crippen LogP contribution in [0.5, 0.6) is 0 Å². The van der Waals surface area contributed by atoms with Gasteiger partial charge in [0, 0.05) is 24.3 Å². The Bertz CT molecular complexity index is 834. The van der Waals surface area contributed by atoms with Gasteiger partial charge in [0.1, 0.15) is 0 Å². The van der Waals surface area contributed by atoms with Crippen molar-refractivity contribution in [1.29, 1.82) is 0 Å². The first-order valence-corrected chi connectivity index (χ1v) is 10.4. The number of rotatable bonds is 6. The number of ether oxygens (including phenoxy) is 1. The second-order valence-corrected chi connectivity index (χ2v) is 8.64. The first kappa shape index (κ1) is 23.2. The minimum atomic E-state index is -0.671. The van der Waals surface area contributed by atoms with Crippen molar-refractivity contribution in [2.24, 2.45) is 5.41 Å². The maximum Gasteiger partial charge on any atom is 0.338 e. The molecule has 1 aliphatic rings. The molecule has 0 spiro atoms. The molecule has 0 bridgehead atoms. The Morgan fingerprint density at radius 2 is 1.90 bits per heavy atom. The van der Waals surface area contributed by atoms with Gasteiger partial charge in [-0.1, -0.05) is 12.1 Å². The number of hydrogen-bond donors (Lipinski definition) is 2. The van der Waals surface area contributed by atoms with E-state index in [2.05, 4.69) is 10.6 Å². The highest BCUT2D eigenvalue weighted by Gasteiger charge is 2.34. The smallest absolute Gasteiger partial charge is 0.338 e. The number of allylic oxidation sites excluding steroid dienone is 1. The molecule has 29 heavy (non-hydrogen) atoms. The van der Waals surface area contributed by atoms with E-state index in [0.29, 0.717) is 16.4 Å². The van der Waals surface area contributed by atoms with E-state index in [9.17, 15) is 9.59 Å². The van der Waals surface area contributed by atoms with Crippen LogP contribution < -0.4 is 10.6 Å². The summed E-state index contributed by atoms with van der Waals surface area (Å²) in [5, 5.41) is 6.59. The Kier molecular flexibility index (Phi) is 7.30. The van der Waals surface area contributed by atoms with Gasteiger partial charge < -0.3 is 20.3 Å². The number of nitrogens with one attached hydrogen (secondary N) is 2. The molecule has 1 atom stereocenters. The van der Waals surface area contributed by atoms with Gasteiger partial charge in [-0.3, -0.25) is 4.79 Å². The Labute approximate surface area is 182 Å². The molecule has 1 heterocycles. The molecule has 6 nitrogen and oxygen atoms in total. The lowest BCUT2D eigenvalue weighted by Gasteiger charge is -2.35. The van der Waals surface area contributed by atoms with Crippen molar-refractivity contribution in [3.63, 3.8) is 0 Å². The largest absolute Gasteiger partial charge is 0.459 e. The molecule has 0 saturated heterocycles. The highest BCUT2D eigenvalue weighted by molar-refractivity contribution is 7.80. The number of nitrogens with zero attached hydrogens (tertiary/aromatic N) is 1. The van der Waals surface area contributed by atoms with Gasteiger partial charge in [0.05, 0.1) is 23.1 Å².